The van der Waals surface area contributed by atoms with Crippen LogP contribution in [0.2, 0.25) is 0 Å². The minimum atomic E-state index is -4.94. The van der Waals surface area contributed by atoms with Crippen molar-refractivity contribution in [1.29, 1.82) is 0 Å². The largest absolute Gasteiger partial charge is 0.416 e. The average Bonchev–Trinajstić information content (AvgIpc) is 3.28. The van der Waals surface area contributed by atoms with Crippen LogP contribution < -0.4 is 11.0 Å². The van der Waals surface area contributed by atoms with E-state index in [0.29, 0.717) is 37.3 Å². The summed E-state index contributed by atoms with van der Waals surface area (Å²) in [6.07, 6.45) is -9.78. The molecule has 1 aliphatic heterocycles. The Labute approximate surface area is 202 Å². The molecule has 0 radical (unpaired) electrons. The minimum absolute atomic E-state index is 0.000415. The quantitative estimate of drug-likeness (QED) is 0.391. The van der Waals surface area contributed by atoms with E-state index in [1.165, 1.54) is 6.92 Å². The topological polar surface area (TPSA) is 82.8 Å². The second kappa shape index (κ2) is 9.74. The van der Waals surface area contributed by atoms with Gasteiger partial charge in [-0.3, -0.25) is 4.98 Å². The fourth-order valence-electron chi connectivity index (χ4n) is 4.43. The van der Waals surface area contributed by atoms with Gasteiger partial charge in [-0.2, -0.15) is 31.4 Å². The number of hydrogen-bond donors (Lipinski definition) is 3. The second-order valence-corrected chi connectivity index (χ2v) is 8.92. The smallest absolute Gasteiger partial charge is 0.372 e. The molecule has 0 saturated carbocycles. The molecule has 3 aromatic rings. The second-order valence-electron chi connectivity index (χ2n) is 8.92. The van der Waals surface area contributed by atoms with Crippen LogP contribution in [-0.2, 0) is 22.6 Å². The third-order valence-corrected chi connectivity index (χ3v) is 6.50. The Morgan fingerprint density at radius 3 is 2.19 bits per heavy atom. The van der Waals surface area contributed by atoms with Gasteiger partial charge in [0.15, 0.2) is 0 Å². The molecule has 2 heterocycles. The lowest BCUT2D eigenvalue weighted by molar-refractivity contribution is -0.143. The Kier molecular flexibility index (Phi) is 7.02. The number of aromatic nitrogens is 3. The van der Waals surface area contributed by atoms with Crippen LogP contribution in [0.4, 0.5) is 26.3 Å². The number of nitrogens with zero attached hydrogens (tertiary/aromatic N) is 1. The normalized spacial score (nSPS) is 21.9. The monoisotopic (exact) mass is 514 g/mol. The molecule has 0 amide bonds. The molecule has 12 heteroatoms. The Morgan fingerprint density at radius 2 is 1.69 bits per heavy atom. The first-order valence-corrected chi connectivity index (χ1v) is 11.2. The zero-order chi connectivity index (χ0) is 26.1. The van der Waals surface area contributed by atoms with E-state index in [4.69, 9.17) is 4.74 Å². The van der Waals surface area contributed by atoms with Crippen molar-refractivity contribution in [3.05, 3.63) is 87.1 Å². The van der Waals surface area contributed by atoms with Gasteiger partial charge >= 0.3 is 18.0 Å². The van der Waals surface area contributed by atoms with E-state index in [2.05, 4.69) is 20.5 Å². The van der Waals surface area contributed by atoms with E-state index in [1.54, 1.807) is 0 Å². The van der Waals surface area contributed by atoms with Crippen molar-refractivity contribution in [2.75, 3.05) is 13.2 Å². The molecule has 1 saturated heterocycles. The van der Waals surface area contributed by atoms with Crippen molar-refractivity contribution in [1.82, 2.24) is 20.5 Å². The van der Waals surface area contributed by atoms with Gasteiger partial charge in [0, 0.05) is 12.5 Å². The number of nitrogens with one attached hydrogen (secondary N) is 3. The maximum atomic E-state index is 13.3. The van der Waals surface area contributed by atoms with Crippen LogP contribution in [0.1, 0.15) is 59.9 Å². The molecule has 0 spiro atoms. The van der Waals surface area contributed by atoms with Crippen LogP contribution in [0.25, 0.3) is 0 Å². The van der Waals surface area contributed by atoms with Crippen LogP contribution in [0.15, 0.2) is 53.3 Å². The molecule has 3 N–H and O–H groups in total. The molecule has 1 aliphatic rings. The van der Waals surface area contributed by atoms with Crippen LogP contribution in [0.5, 0.6) is 0 Å². The van der Waals surface area contributed by atoms with Crippen molar-refractivity contribution < 1.29 is 31.1 Å². The van der Waals surface area contributed by atoms with Crippen molar-refractivity contribution in [2.45, 2.75) is 49.7 Å². The Hall–Kier alpha value is -3.12. The van der Waals surface area contributed by atoms with E-state index in [0.717, 1.165) is 5.56 Å². The number of alkyl halides is 6. The summed E-state index contributed by atoms with van der Waals surface area (Å²) in [6, 6.07) is 10.7. The van der Waals surface area contributed by atoms with Gasteiger partial charge in [0.05, 0.1) is 29.4 Å². The predicted molar refractivity (Wildman–Crippen MR) is 118 cm³/mol. The molecule has 6 nitrogen and oxygen atoms in total. The third kappa shape index (κ3) is 5.65. The fourth-order valence-corrected chi connectivity index (χ4v) is 4.43. The van der Waals surface area contributed by atoms with Crippen LogP contribution in [0.3, 0.4) is 0 Å². The highest BCUT2D eigenvalue weighted by molar-refractivity contribution is 5.35. The van der Waals surface area contributed by atoms with Gasteiger partial charge in [-0.25, -0.2) is 9.89 Å². The summed E-state index contributed by atoms with van der Waals surface area (Å²) >= 11 is 0. The lowest BCUT2D eigenvalue weighted by Gasteiger charge is -2.41. The van der Waals surface area contributed by atoms with E-state index >= 15 is 0 Å². The molecule has 194 valence electrons. The number of rotatable bonds is 6. The molecular weight excluding hydrogens is 490 g/mol. The first-order valence-electron chi connectivity index (χ1n) is 11.2. The molecule has 3 atom stereocenters. The summed E-state index contributed by atoms with van der Waals surface area (Å²) in [7, 11) is 0. The number of ether oxygens (including phenoxy) is 1. The van der Waals surface area contributed by atoms with Gasteiger partial charge < -0.3 is 10.1 Å². The Morgan fingerprint density at radius 1 is 1.06 bits per heavy atom. The molecule has 36 heavy (non-hydrogen) atoms. The van der Waals surface area contributed by atoms with Gasteiger partial charge in [0.2, 0.25) is 0 Å². The lowest BCUT2D eigenvalue weighted by Crippen LogP contribution is -2.51. The zero-order valence-electron chi connectivity index (χ0n) is 19.1. The average molecular weight is 514 g/mol. The molecule has 2 aromatic carbocycles. The molecule has 0 bridgehead atoms. The van der Waals surface area contributed by atoms with Gasteiger partial charge in [-0.15, -0.1) is 0 Å². The Balaban J connectivity index is 1.57. The fraction of sp³-hybridized carbons (Fsp3) is 0.417. The molecule has 1 fully saturated rings. The minimum Gasteiger partial charge on any atom is -0.372 e. The Bertz CT molecular complexity index is 1200. The first-order chi connectivity index (χ1) is 16.9. The lowest BCUT2D eigenvalue weighted by atomic mass is 9.79. The summed E-state index contributed by atoms with van der Waals surface area (Å²) in [5, 5.41) is 9.74. The summed E-state index contributed by atoms with van der Waals surface area (Å²) < 4.78 is 85.7. The van der Waals surface area contributed by atoms with E-state index in [9.17, 15) is 31.1 Å². The summed E-state index contributed by atoms with van der Waals surface area (Å²) in [5.41, 5.74) is -3.27. The van der Waals surface area contributed by atoms with E-state index in [1.807, 2.05) is 30.3 Å². The highest BCUT2D eigenvalue weighted by atomic mass is 19.4. The summed E-state index contributed by atoms with van der Waals surface area (Å²) in [5.74, 6) is 0.420. The van der Waals surface area contributed by atoms with Gasteiger partial charge in [-0.05, 0) is 49.1 Å². The number of aromatic amines is 2. The molecule has 1 aromatic heterocycles. The maximum Gasteiger partial charge on any atom is 0.416 e. The molecule has 4 rings (SSSR count). The predicted octanol–water partition coefficient (Wildman–Crippen LogP) is 5.28. The van der Waals surface area contributed by atoms with Crippen molar-refractivity contribution >= 4 is 0 Å². The summed E-state index contributed by atoms with van der Waals surface area (Å²) in [6.45, 7) is 1.85. The molecular formula is C24H24F6N4O2. The highest BCUT2D eigenvalue weighted by Gasteiger charge is 2.40. The highest BCUT2D eigenvalue weighted by Crippen LogP contribution is 2.39. The van der Waals surface area contributed by atoms with Gasteiger partial charge in [0.25, 0.3) is 0 Å². The number of halogens is 6. The zero-order valence-corrected chi connectivity index (χ0v) is 19.1. The number of hydrogen-bond acceptors (Lipinski definition) is 4. The van der Waals surface area contributed by atoms with Gasteiger partial charge in [0.1, 0.15) is 5.82 Å². The van der Waals surface area contributed by atoms with E-state index in [-0.39, 0.29) is 24.2 Å². The number of benzene rings is 2. The van der Waals surface area contributed by atoms with Crippen LogP contribution in [-0.4, -0.2) is 28.3 Å². The number of H-pyrrole nitrogens is 2. The van der Waals surface area contributed by atoms with E-state index < -0.39 is 40.8 Å². The number of piperidine rings is 1. The molecule has 1 unspecified atom stereocenters. The SMILES string of the molecule is C[C@@H](OC[C@@]1(c2ccccc2)CCC(c2n[nH]c(=O)[nH]2)CN1)c1cc(C(F)(F)F)cc(C(F)(F)F)c1. The molecule has 0 aliphatic carbocycles. The van der Waals surface area contributed by atoms with Gasteiger partial charge in [-0.1, -0.05) is 30.3 Å². The van der Waals surface area contributed by atoms with Crippen LogP contribution >= 0.6 is 0 Å². The third-order valence-electron chi connectivity index (χ3n) is 6.50. The standard InChI is InChI=1S/C24H24F6N4O2/c1-14(16-9-18(23(25,26)27)11-19(10-16)24(28,29)30)36-13-22(17-5-3-2-4-6-17)8-7-15(12-31-22)20-32-21(35)34-33-20/h2-6,9-11,14-15,31H,7-8,12-13H2,1H3,(H2,32,33,34,35)/t14-,15?,22-/m1/s1. The summed E-state index contributed by atoms with van der Waals surface area (Å²) in [4.78, 5) is 14.1. The van der Waals surface area contributed by atoms with Crippen molar-refractivity contribution in [3.63, 3.8) is 0 Å². The van der Waals surface area contributed by atoms with Crippen molar-refractivity contribution in [2.24, 2.45) is 0 Å². The van der Waals surface area contributed by atoms with Crippen LogP contribution in [0, 0.1) is 0 Å². The van der Waals surface area contributed by atoms with Crippen molar-refractivity contribution in [3.8, 4) is 0 Å². The first kappa shape index (κ1) is 26.0. The maximum absolute atomic E-state index is 13.3.